The van der Waals surface area contributed by atoms with Crippen LogP contribution in [-0.4, -0.2) is 119 Å². The van der Waals surface area contributed by atoms with Gasteiger partial charge in [-0.3, -0.25) is 24.1 Å². The number of benzene rings is 2. The Labute approximate surface area is 247 Å². The molecule has 0 spiro atoms. The first-order valence-corrected chi connectivity index (χ1v) is 13.4. The first kappa shape index (κ1) is 32.1. The Morgan fingerprint density at radius 3 is 2.38 bits per heavy atom. The Bertz CT molecular complexity index is 1350. The van der Waals surface area contributed by atoms with Crippen LogP contribution in [0.1, 0.15) is 10.5 Å². The van der Waals surface area contributed by atoms with Crippen molar-refractivity contribution in [3.63, 3.8) is 0 Å². The van der Waals surface area contributed by atoms with Gasteiger partial charge in [-0.05, 0) is 43.4 Å². The van der Waals surface area contributed by atoms with Crippen molar-refractivity contribution in [1.29, 1.82) is 0 Å². The molecule has 3 aromatic rings. The SMILES string of the molecule is CN1CCN(CCOc2cccc(-c3cc(C(=O)N4CNC(=O)C4)nn3-c3cccc(Cl)c3)c2)CC1.O=CO.O=CO. The lowest BCUT2D eigenvalue weighted by Gasteiger charge is -2.32. The van der Waals surface area contributed by atoms with E-state index in [9.17, 15) is 9.59 Å². The van der Waals surface area contributed by atoms with Gasteiger partial charge in [-0.1, -0.05) is 29.8 Å². The van der Waals surface area contributed by atoms with Crippen molar-refractivity contribution in [3.05, 3.63) is 65.3 Å². The van der Waals surface area contributed by atoms with E-state index in [0.29, 0.717) is 11.6 Å². The van der Waals surface area contributed by atoms with E-state index in [1.54, 1.807) is 22.9 Å². The molecule has 0 radical (unpaired) electrons. The molecule has 14 heteroatoms. The molecule has 1 aromatic heterocycles. The van der Waals surface area contributed by atoms with E-state index in [1.165, 1.54) is 4.90 Å². The Morgan fingerprint density at radius 1 is 1.05 bits per heavy atom. The molecule has 13 nitrogen and oxygen atoms in total. The Kier molecular flexibility index (Phi) is 12.3. The molecule has 5 rings (SSSR count). The van der Waals surface area contributed by atoms with Gasteiger partial charge in [0.2, 0.25) is 5.91 Å². The number of rotatable bonds is 7. The van der Waals surface area contributed by atoms with Gasteiger partial charge < -0.3 is 30.1 Å². The van der Waals surface area contributed by atoms with E-state index in [4.69, 9.17) is 36.1 Å². The van der Waals surface area contributed by atoms with Crippen LogP contribution in [0.15, 0.2) is 54.6 Å². The molecule has 0 saturated carbocycles. The van der Waals surface area contributed by atoms with Gasteiger partial charge in [-0.15, -0.1) is 0 Å². The van der Waals surface area contributed by atoms with Crippen molar-refractivity contribution >= 4 is 36.4 Å². The zero-order chi connectivity index (χ0) is 30.5. The zero-order valence-electron chi connectivity index (χ0n) is 23.1. The minimum absolute atomic E-state index is 0.0226. The summed E-state index contributed by atoms with van der Waals surface area (Å²) in [6.45, 7) is 5.42. The number of carbonyl (C=O) groups excluding carboxylic acids is 2. The summed E-state index contributed by atoms with van der Waals surface area (Å²) in [6.07, 6.45) is 0. The van der Waals surface area contributed by atoms with E-state index in [0.717, 1.165) is 55.4 Å². The van der Waals surface area contributed by atoms with Gasteiger partial charge in [0.1, 0.15) is 18.9 Å². The quantitative estimate of drug-likeness (QED) is 0.341. The summed E-state index contributed by atoms with van der Waals surface area (Å²) in [4.78, 5) is 47.6. The third-order valence-electron chi connectivity index (χ3n) is 6.47. The lowest BCUT2D eigenvalue weighted by atomic mass is 10.1. The van der Waals surface area contributed by atoms with Gasteiger partial charge in [0.05, 0.1) is 18.1 Å². The molecule has 224 valence electrons. The van der Waals surface area contributed by atoms with Gasteiger partial charge in [0, 0.05) is 43.3 Å². The van der Waals surface area contributed by atoms with E-state index in [1.807, 2.05) is 36.4 Å². The number of hydrogen-bond donors (Lipinski definition) is 3. The summed E-state index contributed by atoms with van der Waals surface area (Å²) in [5.74, 6) is 0.261. The van der Waals surface area contributed by atoms with E-state index >= 15 is 0 Å². The molecule has 2 fully saturated rings. The second-order valence-electron chi connectivity index (χ2n) is 9.30. The van der Waals surface area contributed by atoms with Crippen molar-refractivity contribution < 1.29 is 34.1 Å². The molecule has 2 aliphatic rings. The number of carbonyl (C=O) groups is 4. The van der Waals surface area contributed by atoms with Crippen LogP contribution in [-0.2, 0) is 14.4 Å². The fraction of sp³-hybridized carbons (Fsp3) is 0.321. The van der Waals surface area contributed by atoms with Crippen LogP contribution in [0.25, 0.3) is 16.9 Å². The molecule has 0 unspecified atom stereocenters. The maximum Gasteiger partial charge on any atom is 0.290 e. The normalized spacial score (nSPS) is 15.0. The van der Waals surface area contributed by atoms with Crippen LogP contribution < -0.4 is 10.1 Å². The molecular weight excluding hydrogens is 568 g/mol. The number of hydrogen-bond acceptors (Lipinski definition) is 8. The van der Waals surface area contributed by atoms with Gasteiger partial charge in [-0.2, -0.15) is 5.10 Å². The van der Waals surface area contributed by atoms with Crippen LogP contribution in [0.2, 0.25) is 5.02 Å². The molecule has 2 saturated heterocycles. The number of carboxylic acid groups (broad SMARTS) is 2. The fourth-order valence-electron chi connectivity index (χ4n) is 4.38. The van der Waals surface area contributed by atoms with E-state index in [-0.39, 0.29) is 43.7 Å². The number of amides is 2. The molecule has 42 heavy (non-hydrogen) atoms. The zero-order valence-corrected chi connectivity index (χ0v) is 23.8. The summed E-state index contributed by atoms with van der Waals surface area (Å²) in [5, 5.41) is 21.6. The Morgan fingerprint density at radius 2 is 1.74 bits per heavy atom. The number of piperazine rings is 1. The van der Waals surface area contributed by atoms with Crippen LogP contribution >= 0.6 is 11.6 Å². The molecule has 0 bridgehead atoms. The van der Waals surface area contributed by atoms with Gasteiger partial charge >= 0.3 is 0 Å². The van der Waals surface area contributed by atoms with Crippen molar-refractivity contribution in [2.24, 2.45) is 0 Å². The van der Waals surface area contributed by atoms with Gasteiger partial charge in [-0.25, -0.2) is 4.68 Å². The molecule has 0 aliphatic carbocycles. The minimum atomic E-state index is -0.310. The lowest BCUT2D eigenvalue weighted by molar-refractivity contribution is -0.123. The predicted molar refractivity (Wildman–Crippen MR) is 155 cm³/mol. The van der Waals surface area contributed by atoms with Crippen molar-refractivity contribution in [2.45, 2.75) is 0 Å². The van der Waals surface area contributed by atoms with Crippen LogP contribution in [0.3, 0.4) is 0 Å². The van der Waals surface area contributed by atoms with Gasteiger partial charge in [0.15, 0.2) is 5.69 Å². The second-order valence-corrected chi connectivity index (χ2v) is 9.74. The number of ether oxygens (including phenoxy) is 1. The Balaban J connectivity index is 0.000000745. The summed E-state index contributed by atoms with van der Waals surface area (Å²) < 4.78 is 7.78. The molecule has 2 amide bonds. The maximum atomic E-state index is 13.1. The highest BCUT2D eigenvalue weighted by Gasteiger charge is 2.27. The van der Waals surface area contributed by atoms with Crippen molar-refractivity contribution in [2.75, 3.05) is 59.6 Å². The molecule has 2 aliphatic heterocycles. The minimum Gasteiger partial charge on any atom is -0.492 e. The summed E-state index contributed by atoms with van der Waals surface area (Å²) in [5.41, 5.74) is 2.56. The van der Waals surface area contributed by atoms with Crippen LogP contribution in [0.4, 0.5) is 0 Å². The topological polar surface area (TPSA) is 158 Å². The van der Waals surface area contributed by atoms with Crippen LogP contribution in [0, 0.1) is 0 Å². The average molecular weight is 601 g/mol. The number of halogens is 1. The lowest BCUT2D eigenvalue weighted by Crippen LogP contribution is -2.45. The number of aromatic nitrogens is 2. The molecule has 3 N–H and O–H groups in total. The molecule has 0 atom stereocenters. The highest BCUT2D eigenvalue weighted by molar-refractivity contribution is 6.30. The third-order valence-corrected chi connectivity index (χ3v) is 6.71. The van der Waals surface area contributed by atoms with Crippen molar-refractivity contribution in [3.8, 4) is 22.7 Å². The Hall–Kier alpha value is -4.46. The monoisotopic (exact) mass is 600 g/mol. The number of nitrogens with zero attached hydrogens (tertiary/aromatic N) is 5. The molecular formula is C28H33ClN6O7. The van der Waals surface area contributed by atoms with Crippen LogP contribution in [0.5, 0.6) is 5.75 Å². The summed E-state index contributed by atoms with van der Waals surface area (Å²) >= 11 is 6.25. The summed E-state index contributed by atoms with van der Waals surface area (Å²) in [6, 6.07) is 16.8. The predicted octanol–water partition coefficient (Wildman–Crippen LogP) is 1.75. The summed E-state index contributed by atoms with van der Waals surface area (Å²) in [7, 11) is 2.15. The molecule has 2 aromatic carbocycles. The first-order chi connectivity index (χ1) is 20.3. The standard InChI is InChI=1S/C26H29ClN6O3.2CH2O2/c1-30-8-10-31(11-9-30)12-13-36-22-7-2-4-19(14-22)24-16-23(26(35)32-17-25(34)28-18-32)29-33(24)21-6-3-5-20(27)15-21;2*2-1-3/h2-7,14-16H,8-13,17-18H2,1H3,(H,28,34);2*1H,(H,2,3). The fourth-order valence-corrected chi connectivity index (χ4v) is 4.56. The third kappa shape index (κ3) is 9.03. The largest absolute Gasteiger partial charge is 0.492 e. The first-order valence-electron chi connectivity index (χ1n) is 13.0. The van der Waals surface area contributed by atoms with E-state index < -0.39 is 0 Å². The number of nitrogens with one attached hydrogen (secondary N) is 1. The maximum absolute atomic E-state index is 13.1. The molecule has 3 heterocycles. The second kappa shape index (κ2) is 16.1. The van der Waals surface area contributed by atoms with Gasteiger partial charge in [0.25, 0.3) is 18.9 Å². The van der Waals surface area contributed by atoms with Crippen molar-refractivity contribution in [1.82, 2.24) is 29.8 Å². The number of likely N-dealkylation sites (N-methyl/N-ethyl adjacent to an activating group) is 1. The highest BCUT2D eigenvalue weighted by Crippen LogP contribution is 2.28. The highest BCUT2D eigenvalue weighted by atomic mass is 35.5. The smallest absolute Gasteiger partial charge is 0.290 e. The average Bonchev–Trinajstić information content (AvgIpc) is 3.62. The van der Waals surface area contributed by atoms with E-state index in [2.05, 4.69) is 27.3 Å².